The van der Waals surface area contributed by atoms with E-state index < -0.39 is 0 Å². The van der Waals surface area contributed by atoms with Gasteiger partial charge in [-0.15, -0.1) is 11.8 Å². The van der Waals surface area contributed by atoms with Crippen LogP contribution in [0, 0.1) is 0 Å². The van der Waals surface area contributed by atoms with E-state index in [1.165, 1.54) is 7.11 Å². The Bertz CT molecular complexity index is 419. The van der Waals surface area contributed by atoms with Gasteiger partial charge in [0.25, 0.3) is 0 Å². The molecule has 2 rings (SSSR count). The van der Waals surface area contributed by atoms with E-state index in [0.29, 0.717) is 12.8 Å². The Labute approximate surface area is 117 Å². The average Bonchev–Trinajstić information content (AvgIpc) is 2.90. The maximum atomic E-state index is 12.0. The Hall–Kier alpha value is -1.17. The number of hydrogen-bond acceptors (Lipinski definition) is 6. The van der Waals surface area contributed by atoms with Crippen LogP contribution in [-0.4, -0.2) is 48.4 Å². The number of esters is 2. The smallest absolute Gasteiger partial charge is 0.336 e. The molecule has 0 aliphatic carbocycles. The van der Waals surface area contributed by atoms with Gasteiger partial charge in [0.2, 0.25) is 0 Å². The van der Waals surface area contributed by atoms with Gasteiger partial charge in [0.1, 0.15) is 0 Å². The summed E-state index contributed by atoms with van der Waals surface area (Å²) in [6, 6.07) is 0.136. The van der Waals surface area contributed by atoms with Gasteiger partial charge in [-0.3, -0.25) is 4.79 Å². The summed E-state index contributed by atoms with van der Waals surface area (Å²) in [6.07, 6.45) is 0.970. The highest BCUT2D eigenvalue weighted by molar-refractivity contribution is 8.03. The summed E-state index contributed by atoms with van der Waals surface area (Å²) in [5.41, 5.74) is 0.756. The molecule has 0 amide bonds. The van der Waals surface area contributed by atoms with Crippen molar-refractivity contribution < 1.29 is 19.1 Å². The molecule has 19 heavy (non-hydrogen) atoms. The van der Waals surface area contributed by atoms with E-state index in [9.17, 15) is 9.59 Å². The molecule has 0 aromatic rings. The molecule has 0 aromatic heterocycles. The Balaban J connectivity index is 2.05. The molecular formula is C13H19NO4S. The van der Waals surface area contributed by atoms with Gasteiger partial charge in [-0.1, -0.05) is 0 Å². The maximum Gasteiger partial charge on any atom is 0.336 e. The minimum Gasteiger partial charge on any atom is -0.469 e. The SMILES string of the molecule is COC(=O)CC1CSC2=C(C(=O)OC(C)C)CCN21. The zero-order valence-electron chi connectivity index (χ0n) is 11.5. The summed E-state index contributed by atoms with van der Waals surface area (Å²) in [4.78, 5) is 25.5. The normalized spacial score (nSPS) is 21.9. The van der Waals surface area contributed by atoms with Crippen LogP contribution in [0.25, 0.3) is 0 Å². The van der Waals surface area contributed by atoms with Crippen LogP contribution in [0.5, 0.6) is 0 Å². The van der Waals surface area contributed by atoms with Crippen LogP contribution >= 0.6 is 11.8 Å². The second kappa shape index (κ2) is 5.86. The molecule has 1 atom stereocenters. The Morgan fingerprint density at radius 3 is 2.84 bits per heavy atom. The van der Waals surface area contributed by atoms with Crippen molar-refractivity contribution in [2.24, 2.45) is 0 Å². The van der Waals surface area contributed by atoms with Crippen molar-refractivity contribution in [3.63, 3.8) is 0 Å². The number of carbonyl (C=O) groups is 2. The lowest BCUT2D eigenvalue weighted by Crippen LogP contribution is -2.30. The third kappa shape index (κ3) is 3.05. The highest BCUT2D eigenvalue weighted by atomic mass is 32.2. The molecule has 0 spiro atoms. The average molecular weight is 285 g/mol. The summed E-state index contributed by atoms with van der Waals surface area (Å²) >= 11 is 1.63. The standard InChI is InChI=1S/C13H19NO4S/c1-8(2)18-13(16)10-4-5-14-9(6-11(15)17-3)7-19-12(10)14/h8-9H,4-7H2,1-3H3. The summed E-state index contributed by atoms with van der Waals surface area (Å²) in [6.45, 7) is 4.47. The summed E-state index contributed by atoms with van der Waals surface area (Å²) < 4.78 is 9.96. The molecule has 0 aromatic carbocycles. The van der Waals surface area contributed by atoms with Crippen molar-refractivity contribution in [1.29, 1.82) is 0 Å². The fourth-order valence-electron chi connectivity index (χ4n) is 2.32. The molecule has 2 aliphatic rings. The Kier molecular flexibility index (Phi) is 4.39. The fraction of sp³-hybridized carbons (Fsp3) is 0.692. The minimum atomic E-state index is -0.223. The first-order chi connectivity index (χ1) is 9.02. The molecular weight excluding hydrogens is 266 g/mol. The lowest BCUT2D eigenvalue weighted by molar-refractivity contribution is -0.143. The van der Waals surface area contributed by atoms with E-state index in [4.69, 9.17) is 9.47 Å². The number of ether oxygens (including phenoxy) is 2. The van der Waals surface area contributed by atoms with E-state index in [1.54, 1.807) is 11.8 Å². The number of methoxy groups -OCH3 is 1. The molecule has 0 bridgehead atoms. The van der Waals surface area contributed by atoms with Crippen molar-refractivity contribution >= 4 is 23.7 Å². The predicted molar refractivity (Wildman–Crippen MR) is 72.5 cm³/mol. The lowest BCUT2D eigenvalue weighted by atomic mass is 10.2. The van der Waals surface area contributed by atoms with Crippen LogP contribution in [0.3, 0.4) is 0 Å². The second-order valence-corrected chi connectivity index (χ2v) is 5.93. The first kappa shape index (κ1) is 14.2. The first-order valence-corrected chi connectivity index (χ1v) is 7.42. The van der Waals surface area contributed by atoms with Gasteiger partial charge < -0.3 is 14.4 Å². The van der Waals surface area contributed by atoms with Crippen LogP contribution in [0.4, 0.5) is 0 Å². The van der Waals surface area contributed by atoms with Gasteiger partial charge >= 0.3 is 11.9 Å². The van der Waals surface area contributed by atoms with Crippen LogP contribution in [0.15, 0.2) is 10.6 Å². The Morgan fingerprint density at radius 2 is 2.21 bits per heavy atom. The molecule has 106 valence electrons. The molecule has 1 unspecified atom stereocenters. The van der Waals surface area contributed by atoms with Gasteiger partial charge in [-0.05, 0) is 20.3 Å². The quantitative estimate of drug-likeness (QED) is 0.730. The minimum absolute atomic E-state index is 0.105. The van der Waals surface area contributed by atoms with E-state index in [1.807, 2.05) is 13.8 Å². The molecule has 0 N–H and O–H groups in total. The van der Waals surface area contributed by atoms with Gasteiger partial charge in [-0.25, -0.2) is 4.79 Å². The number of fused-ring (bicyclic) bond motifs is 1. The van der Waals surface area contributed by atoms with Crippen LogP contribution in [0.2, 0.25) is 0 Å². The number of rotatable bonds is 4. The maximum absolute atomic E-state index is 12.0. The molecule has 2 aliphatic heterocycles. The number of carbonyl (C=O) groups excluding carboxylic acids is 2. The molecule has 2 heterocycles. The van der Waals surface area contributed by atoms with Gasteiger partial charge in [0.15, 0.2) is 0 Å². The lowest BCUT2D eigenvalue weighted by Gasteiger charge is -2.21. The molecule has 1 saturated heterocycles. The zero-order valence-corrected chi connectivity index (χ0v) is 12.3. The van der Waals surface area contributed by atoms with Crippen LogP contribution in [-0.2, 0) is 19.1 Å². The fourth-order valence-corrected chi connectivity index (χ4v) is 3.73. The van der Waals surface area contributed by atoms with Gasteiger partial charge in [0, 0.05) is 18.3 Å². The van der Waals surface area contributed by atoms with Crippen molar-refractivity contribution in [2.75, 3.05) is 19.4 Å². The van der Waals surface area contributed by atoms with E-state index in [-0.39, 0.29) is 24.1 Å². The van der Waals surface area contributed by atoms with Crippen LogP contribution in [0.1, 0.15) is 26.7 Å². The number of hydrogen-bond donors (Lipinski definition) is 0. The van der Waals surface area contributed by atoms with E-state index in [0.717, 1.165) is 22.9 Å². The molecule has 1 fully saturated rings. The number of thioether (sulfide) groups is 1. The molecule has 0 saturated carbocycles. The van der Waals surface area contributed by atoms with Crippen LogP contribution < -0.4 is 0 Å². The largest absolute Gasteiger partial charge is 0.469 e. The highest BCUT2D eigenvalue weighted by Crippen LogP contribution is 2.41. The predicted octanol–water partition coefficient (Wildman–Crippen LogP) is 1.53. The summed E-state index contributed by atoms with van der Waals surface area (Å²) in [7, 11) is 1.40. The van der Waals surface area contributed by atoms with Crippen molar-refractivity contribution in [1.82, 2.24) is 4.90 Å². The summed E-state index contributed by atoms with van der Waals surface area (Å²) in [5, 5.41) is 0.986. The Morgan fingerprint density at radius 1 is 1.47 bits per heavy atom. The second-order valence-electron chi connectivity index (χ2n) is 4.93. The molecule has 0 radical (unpaired) electrons. The third-order valence-corrected chi connectivity index (χ3v) is 4.50. The zero-order chi connectivity index (χ0) is 14.0. The van der Waals surface area contributed by atoms with E-state index >= 15 is 0 Å². The monoisotopic (exact) mass is 285 g/mol. The molecule has 5 nitrogen and oxygen atoms in total. The van der Waals surface area contributed by atoms with Crippen molar-refractivity contribution in [2.45, 2.75) is 38.8 Å². The van der Waals surface area contributed by atoms with E-state index in [2.05, 4.69) is 4.90 Å². The van der Waals surface area contributed by atoms with Crippen molar-refractivity contribution in [3.8, 4) is 0 Å². The first-order valence-electron chi connectivity index (χ1n) is 6.43. The summed E-state index contributed by atoms with van der Waals surface area (Å²) in [5.74, 6) is 0.395. The topological polar surface area (TPSA) is 55.8 Å². The van der Waals surface area contributed by atoms with Gasteiger partial charge in [-0.2, -0.15) is 0 Å². The molecule has 6 heteroatoms. The van der Waals surface area contributed by atoms with Crippen molar-refractivity contribution in [3.05, 3.63) is 10.6 Å². The van der Waals surface area contributed by atoms with Gasteiger partial charge in [0.05, 0.1) is 30.2 Å². The third-order valence-electron chi connectivity index (χ3n) is 3.19. The number of nitrogens with zero attached hydrogens (tertiary/aromatic N) is 1. The highest BCUT2D eigenvalue weighted by Gasteiger charge is 2.38.